The number of amides is 5. The third-order valence-corrected chi connectivity index (χ3v) is 8.19. The fourth-order valence-corrected chi connectivity index (χ4v) is 5.91. The maximum Gasteiger partial charge on any atom is 0.245 e. The van der Waals surface area contributed by atoms with E-state index in [2.05, 4.69) is 26.3 Å². The van der Waals surface area contributed by atoms with Gasteiger partial charge in [0.15, 0.2) is 0 Å². The first kappa shape index (κ1) is 32.0. The molecule has 0 radical (unpaired) electrons. The van der Waals surface area contributed by atoms with Crippen molar-refractivity contribution in [3.63, 3.8) is 0 Å². The maximum absolute atomic E-state index is 13.8. The lowest BCUT2D eigenvalue weighted by Crippen LogP contribution is -2.59. The molecule has 0 spiro atoms. The number of nitrogens with zero attached hydrogens (tertiary/aromatic N) is 1. The lowest BCUT2D eigenvalue weighted by atomic mass is 9.98. The minimum Gasteiger partial charge on any atom is -0.396 e. The van der Waals surface area contributed by atoms with E-state index in [-0.39, 0.29) is 31.3 Å². The average Bonchev–Trinajstić information content (AvgIpc) is 3.61. The summed E-state index contributed by atoms with van der Waals surface area (Å²) >= 11 is 0. The zero-order chi connectivity index (χ0) is 31.3. The van der Waals surface area contributed by atoms with Crippen molar-refractivity contribution in [3.05, 3.63) is 36.0 Å². The number of hydrogen-bond donors (Lipinski definition) is 6. The summed E-state index contributed by atoms with van der Waals surface area (Å²) in [7, 11) is 0. The molecule has 2 aromatic rings. The zero-order valence-electron chi connectivity index (χ0n) is 25.3. The molecule has 5 amide bonds. The number of aliphatic hydroxyl groups is 1. The SMILES string of the molecule is CC(C)C[C@H]1NC(=O)[C@H](C(C)C)NC(=O)[C@H]2CCCN2C(=O)[C@H](CCO)NC(=O)[C@H](Cc2c[nH]c3ccccc23)NC1=O. The van der Waals surface area contributed by atoms with Crippen molar-refractivity contribution >= 4 is 40.4 Å². The highest BCUT2D eigenvalue weighted by Crippen LogP contribution is 2.22. The predicted octanol–water partition coefficient (Wildman–Crippen LogP) is 0.739. The highest BCUT2D eigenvalue weighted by molar-refractivity contribution is 5.98. The molecule has 12 heteroatoms. The maximum atomic E-state index is 13.8. The molecular weight excluding hydrogens is 552 g/mol. The fourth-order valence-electron chi connectivity index (χ4n) is 5.91. The van der Waals surface area contributed by atoms with E-state index in [0.29, 0.717) is 25.8 Å². The molecule has 0 saturated carbocycles. The summed E-state index contributed by atoms with van der Waals surface area (Å²) in [6.45, 7) is 7.37. The average molecular weight is 597 g/mol. The lowest BCUT2D eigenvalue weighted by Gasteiger charge is -2.30. The van der Waals surface area contributed by atoms with Crippen molar-refractivity contribution in [3.8, 4) is 0 Å². The highest BCUT2D eigenvalue weighted by atomic mass is 16.3. The van der Waals surface area contributed by atoms with Gasteiger partial charge < -0.3 is 36.3 Å². The molecule has 0 aliphatic carbocycles. The van der Waals surface area contributed by atoms with Crippen LogP contribution in [-0.2, 0) is 30.4 Å². The molecule has 1 aromatic carbocycles. The third kappa shape index (κ3) is 7.54. The van der Waals surface area contributed by atoms with Gasteiger partial charge >= 0.3 is 0 Å². The first-order chi connectivity index (χ1) is 20.5. The van der Waals surface area contributed by atoms with Gasteiger partial charge in [0.2, 0.25) is 29.5 Å². The number of rotatable bonds is 7. The fraction of sp³-hybridized carbons (Fsp3) is 0.581. The number of aliphatic hydroxyl groups excluding tert-OH is 1. The van der Waals surface area contributed by atoms with E-state index in [1.54, 1.807) is 20.0 Å². The Kier molecular flexibility index (Phi) is 10.4. The van der Waals surface area contributed by atoms with E-state index in [9.17, 15) is 29.1 Å². The van der Waals surface area contributed by atoms with Gasteiger partial charge in [-0.2, -0.15) is 0 Å². The molecule has 2 aliphatic rings. The van der Waals surface area contributed by atoms with Crippen molar-refractivity contribution in [2.24, 2.45) is 11.8 Å². The molecule has 0 unspecified atom stereocenters. The van der Waals surface area contributed by atoms with Gasteiger partial charge in [-0.1, -0.05) is 45.9 Å². The molecule has 2 fully saturated rings. The van der Waals surface area contributed by atoms with E-state index in [0.717, 1.165) is 16.5 Å². The van der Waals surface area contributed by atoms with Gasteiger partial charge in [-0.05, 0) is 49.1 Å². The third-order valence-electron chi connectivity index (χ3n) is 8.19. The standard InChI is InChI=1S/C31H44N6O6/c1-17(2)14-23-27(39)34-24(15-19-16-32-21-9-6-5-8-20(19)21)28(40)33-22(11-13-38)31(43)37-12-7-10-25(37)29(41)36-26(18(3)4)30(42)35-23/h5-6,8-9,16-18,22-26,32,38H,7,10-15H2,1-4H3,(H,33,40)(H,34,39)(H,35,42)(H,36,41)/t22-,23+,24-,25+,26-/m0/s1. The Morgan fingerprint density at radius 3 is 2.23 bits per heavy atom. The van der Waals surface area contributed by atoms with Crippen LogP contribution in [0.4, 0.5) is 0 Å². The van der Waals surface area contributed by atoms with Gasteiger partial charge in [-0.25, -0.2) is 0 Å². The summed E-state index contributed by atoms with van der Waals surface area (Å²) in [6, 6.07) is 2.67. The van der Waals surface area contributed by atoms with Crippen LogP contribution in [0.25, 0.3) is 10.9 Å². The van der Waals surface area contributed by atoms with Crippen molar-refractivity contribution in [2.75, 3.05) is 13.2 Å². The van der Waals surface area contributed by atoms with Crippen molar-refractivity contribution in [1.82, 2.24) is 31.2 Å². The van der Waals surface area contributed by atoms with Crippen molar-refractivity contribution < 1.29 is 29.1 Å². The molecule has 4 rings (SSSR count). The van der Waals surface area contributed by atoms with Crippen LogP contribution >= 0.6 is 0 Å². The van der Waals surface area contributed by atoms with Gasteiger partial charge in [0.05, 0.1) is 0 Å². The molecule has 234 valence electrons. The molecule has 2 aliphatic heterocycles. The summed E-state index contributed by atoms with van der Waals surface area (Å²) in [4.78, 5) is 72.8. The van der Waals surface area contributed by atoms with Gasteiger partial charge in [-0.3, -0.25) is 24.0 Å². The smallest absolute Gasteiger partial charge is 0.245 e. The Hall–Kier alpha value is -3.93. The quantitative estimate of drug-likeness (QED) is 0.275. The number of para-hydroxylation sites is 1. The summed E-state index contributed by atoms with van der Waals surface area (Å²) in [5.74, 6) is -2.88. The minimum absolute atomic E-state index is 0.0321. The first-order valence-electron chi connectivity index (χ1n) is 15.2. The number of carbonyl (C=O) groups is 5. The van der Waals surface area contributed by atoms with Crippen LogP contribution in [0.3, 0.4) is 0 Å². The summed E-state index contributed by atoms with van der Waals surface area (Å²) in [5, 5.41) is 21.9. The second-order valence-electron chi connectivity index (χ2n) is 12.3. The van der Waals surface area contributed by atoms with Crippen LogP contribution in [0.5, 0.6) is 0 Å². The number of H-pyrrole nitrogens is 1. The van der Waals surface area contributed by atoms with E-state index in [4.69, 9.17) is 0 Å². The van der Waals surface area contributed by atoms with Gasteiger partial charge in [0.1, 0.15) is 30.2 Å². The van der Waals surface area contributed by atoms with Crippen molar-refractivity contribution in [2.45, 2.75) is 90.0 Å². The van der Waals surface area contributed by atoms with Crippen LogP contribution in [0, 0.1) is 11.8 Å². The topological polar surface area (TPSA) is 173 Å². The van der Waals surface area contributed by atoms with E-state index in [1.807, 2.05) is 38.1 Å². The van der Waals surface area contributed by atoms with Crippen LogP contribution in [0.15, 0.2) is 30.5 Å². The molecule has 6 N–H and O–H groups in total. The second-order valence-corrected chi connectivity index (χ2v) is 12.3. The number of aromatic amines is 1. The Morgan fingerprint density at radius 1 is 0.860 bits per heavy atom. The number of fused-ring (bicyclic) bond motifs is 2. The molecule has 3 heterocycles. The molecule has 2 saturated heterocycles. The highest BCUT2D eigenvalue weighted by Gasteiger charge is 2.41. The van der Waals surface area contributed by atoms with Crippen LogP contribution in [0.1, 0.15) is 58.9 Å². The van der Waals surface area contributed by atoms with Crippen molar-refractivity contribution in [1.29, 1.82) is 0 Å². The van der Waals surface area contributed by atoms with Gasteiger partial charge in [0, 0.05) is 36.7 Å². The van der Waals surface area contributed by atoms with Gasteiger partial charge in [0.25, 0.3) is 0 Å². The number of benzene rings is 1. The summed E-state index contributed by atoms with van der Waals surface area (Å²) in [6.07, 6.45) is 3.13. The minimum atomic E-state index is -1.11. The summed E-state index contributed by atoms with van der Waals surface area (Å²) in [5.41, 5.74) is 1.66. The normalized spacial score (nSPS) is 26.1. The van der Waals surface area contributed by atoms with E-state index >= 15 is 0 Å². The lowest BCUT2D eigenvalue weighted by molar-refractivity contribution is -0.142. The van der Waals surface area contributed by atoms with Crippen LogP contribution in [0.2, 0.25) is 0 Å². The molecular formula is C31H44N6O6. The summed E-state index contributed by atoms with van der Waals surface area (Å²) < 4.78 is 0. The molecule has 5 atom stereocenters. The van der Waals surface area contributed by atoms with Gasteiger partial charge in [-0.15, -0.1) is 0 Å². The van der Waals surface area contributed by atoms with E-state index in [1.165, 1.54) is 4.90 Å². The number of hydrogen-bond acceptors (Lipinski definition) is 6. The molecule has 0 bridgehead atoms. The Bertz CT molecular complexity index is 1340. The Morgan fingerprint density at radius 2 is 1.53 bits per heavy atom. The number of nitrogens with one attached hydrogen (secondary N) is 5. The Labute approximate surface area is 251 Å². The number of carbonyl (C=O) groups excluding carboxylic acids is 5. The first-order valence-corrected chi connectivity index (χ1v) is 15.2. The Balaban J connectivity index is 1.74. The molecule has 1 aromatic heterocycles. The second kappa shape index (κ2) is 14.0. The largest absolute Gasteiger partial charge is 0.396 e. The van der Waals surface area contributed by atoms with Crippen LogP contribution in [-0.4, -0.2) is 87.9 Å². The molecule has 43 heavy (non-hydrogen) atoms. The monoisotopic (exact) mass is 596 g/mol. The number of aromatic nitrogens is 1. The zero-order valence-corrected chi connectivity index (χ0v) is 25.3. The van der Waals surface area contributed by atoms with Crippen LogP contribution < -0.4 is 21.3 Å². The van der Waals surface area contributed by atoms with E-state index < -0.39 is 59.7 Å². The molecule has 12 nitrogen and oxygen atoms in total. The predicted molar refractivity (Wildman–Crippen MR) is 160 cm³/mol.